The van der Waals surface area contributed by atoms with Crippen molar-refractivity contribution in [3.8, 4) is 0 Å². The number of hydrogen-bond acceptors (Lipinski definition) is 4. The fraction of sp³-hybridized carbons (Fsp3) is 0.294. The van der Waals surface area contributed by atoms with Gasteiger partial charge >= 0.3 is 0 Å². The summed E-state index contributed by atoms with van der Waals surface area (Å²) in [5, 5.41) is 0. The summed E-state index contributed by atoms with van der Waals surface area (Å²) >= 11 is 7.41. The van der Waals surface area contributed by atoms with E-state index in [1.807, 2.05) is 18.7 Å². The minimum absolute atomic E-state index is 0.120. The van der Waals surface area contributed by atoms with E-state index < -0.39 is 0 Å². The van der Waals surface area contributed by atoms with E-state index in [4.69, 9.17) is 11.6 Å². The Bertz CT molecular complexity index is 920. The SMILES string of the molecule is CCN(Cc1cc(=O)n2c(CCl)c(C)sc2n1)c1ccc(F)cc1. The lowest BCUT2D eigenvalue weighted by Crippen LogP contribution is -2.25. The van der Waals surface area contributed by atoms with Crippen LogP contribution in [0.4, 0.5) is 10.1 Å². The third-order valence-electron chi connectivity index (χ3n) is 3.91. The smallest absolute Gasteiger partial charge is 0.259 e. The van der Waals surface area contributed by atoms with Crippen LogP contribution in [0.25, 0.3) is 4.96 Å². The Morgan fingerprint density at radius 3 is 2.67 bits per heavy atom. The molecule has 0 aliphatic rings. The molecule has 0 bridgehead atoms. The molecule has 2 heterocycles. The van der Waals surface area contributed by atoms with Gasteiger partial charge in [-0.3, -0.25) is 9.20 Å². The van der Waals surface area contributed by atoms with Crippen molar-refractivity contribution in [2.45, 2.75) is 26.3 Å². The van der Waals surface area contributed by atoms with Crippen LogP contribution in [0.3, 0.4) is 0 Å². The number of aromatic nitrogens is 2. The van der Waals surface area contributed by atoms with Crippen LogP contribution in [0.1, 0.15) is 23.2 Å². The van der Waals surface area contributed by atoms with Gasteiger partial charge in [0.25, 0.3) is 5.56 Å². The molecule has 0 radical (unpaired) electrons. The zero-order valence-corrected chi connectivity index (χ0v) is 15.0. The van der Waals surface area contributed by atoms with E-state index >= 15 is 0 Å². The third kappa shape index (κ3) is 3.16. The number of nitrogens with zero attached hydrogens (tertiary/aromatic N) is 3. The number of alkyl halides is 1. The molecular formula is C17H17ClFN3OS. The highest BCUT2D eigenvalue weighted by Crippen LogP contribution is 2.22. The van der Waals surface area contributed by atoms with Crippen LogP contribution in [-0.4, -0.2) is 15.9 Å². The zero-order chi connectivity index (χ0) is 17.3. The number of fused-ring (bicyclic) bond motifs is 1. The average Bonchev–Trinajstić information content (AvgIpc) is 2.89. The average molecular weight is 366 g/mol. The first-order valence-electron chi connectivity index (χ1n) is 7.61. The Kier molecular flexibility index (Phi) is 4.87. The van der Waals surface area contributed by atoms with Gasteiger partial charge in [0.1, 0.15) is 5.82 Å². The first-order chi connectivity index (χ1) is 11.5. The van der Waals surface area contributed by atoms with Gasteiger partial charge in [-0.15, -0.1) is 22.9 Å². The van der Waals surface area contributed by atoms with Crippen molar-refractivity contribution in [1.29, 1.82) is 0 Å². The Hall–Kier alpha value is -1.92. The molecule has 0 spiro atoms. The molecule has 0 unspecified atom stereocenters. The van der Waals surface area contributed by atoms with E-state index in [-0.39, 0.29) is 17.3 Å². The second kappa shape index (κ2) is 6.91. The van der Waals surface area contributed by atoms with E-state index in [0.717, 1.165) is 22.8 Å². The van der Waals surface area contributed by atoms with Gasteiger partial charge in [0.15, 0.2) is 4.96 Å². The van der Waals surface area contributed by atoms with Crippen molar-refractivity contribution in [2.24, 2.45) is 0 Å². The van der Waals surface area contributed by atoms with Crippen molar-refractivity contribution in [2.75, 3.05) is 11.4 Å². The Labute approximate surface area is 148 Å². The topological polar surface area (TPSA) is 37.6 Å². The predicted octanol–water partition coefficient (Wildman–Crippen LogP) is 3.97. The minimum atomic E-state index is -0.268. The van der Waals surface area contributed by atoms with Gasteiger partial charge in [0.05, 0.1) is 23.8 Å². The normalized spacial score (nSPS) is 11.2. The third-order valence-corrected chi connectivity index (χ3v) is 5.17. The van der Waals surface area contributed by atoms with Gasteiger partial charge in [0.2, 0.25) is 0 Å². The number of benzene rings is 1. The summed E-state index contributed by atoms with van der Waals surface area (Å²) in [5.74, 6) is 0.0129. The fourth-order valence-corrected chi connectivity index (χ4v) is 4.05. The second-order valence-electron chi connectivity index (χ2n) is 5.43. The van der Waals surface area contributed by atoms with Crippen LogP contribution in [0.5, 0.6) is 0 Å². The summed E-state index contributed by atoms with van der Waals surface area (Å²) in [6, 6.07) is 7.86. The van der Waals surface area contributed by atoms with Crippen LogP contribution >= 0.6 is 22.9 Å². The lowest BCUT2D eigenvalue weighted by Gasteiger charge is -2.22. The highest BCUT2D eigenvalue weighted by molar-refractivity contribution is 7.17. The van der Waals surface area contributed by atoms with Gasteiger partial charge in [-0.1, -0.05) is 0 Å². The molecule has 24 heavy (non-hydrogen) atoms. The molecule has 0 fully saturated rings. The van der Waals surface area contributed by atoms with Crippen LogP contribution in [0.15, 0.2) is 35.1 Å². The zero-order valence-electron chi connectivity index (χ0n) is 13.4. The van der Waals surface area contributed by atoms with E-state index in [1.165, 1.54) is 23.5 Å². The van der Waals surface area contributed by atoms with Crippen LogP contribution in [0, 0.1) is 12.7 Å². The minimum Gasteiger partial charge on any atom is -0.366 e. The Morgan fingerprint density at radius 2 is 2.04 bits per heavy atom. The lowest BCUT2D eigenvalue weighted by molar-refractivity contribution is 0.627. The van der Waals surface area contributed by atoms with Crippen molar-refractivity contribution >= 4 is 33.6 Å². The molecule has 0 saturated heterocycles. The van der Waals surface area contributed by atoms with Crippen molar-refractivity contribution in [1.82, 2.24) is 9.38 Å². The number of rotatable bonds is 5. The summed E-state index contributed by atoms with van der Waals surface area (Å²) < 4.78 is 14.7. The molecule has 1 aromatic carbocycles. The Morgan fingerprint density at radius 1 is 1.33 bits per heavy atom. The lowest BCUT2D eigenvalue weighted by atomic mass is 10.2. The van der Waals surface area contributed by atoms with Crippen molar-refractivity contribution in [3.05, 3.63) is 62.8 Å². The Balaban J connectivity index is 1.97. The molecule has 4 nitrogen and oxygen atoms in total. The van der Waals surface area contributed by atoms with Crippen LogP contribution in [-0.2, 0) is 12.4 Å². The van der Waals surface area contributed by atoms with E-state index in [1.54, 1.807) is 22.6 Å². The van der Waals surface area contributed by atoms with Gasteiger partial charge in [-0.2, -0.15) is 0 Å². The molecule has 126 valence electrons. The number of aryl methyl sites for hydroxylation is 1. The van der Waals surface area contributed by atoms with Crippen molar-refractivity contribution in [3.63, 3.8) is 0 Å². The standard InChI is InChI=1S/C17H17ClFN3OS/c1-3-21(14-6-4-12(19)5-7-14)10-13-8-16(23)22-15(9-18)11(2)24-17(22)20-13/h4-8H,3,9-10H2,1-2H3. The highest BCUT2D eigenvalue weighted by atomic mass is 35.5. The summed E-state index contributed by atoms with van der Waals surface area (Å²) in [6.45, 7) is 5.16. The van der Waals surface area contributed by atoms with Gasteiger partial charge in [-0.05, 0) is 38.1 Å². The molecule has 2 aromatic heterocycles. The molecule has 0 atom stereocenters. The predicted molar refractivity (Wildman–Crippen MR) is 96.8 cm³/mol. The van der Waals surface area contributed by atoms with Gasteiger partial charge < -0.3 is 4.90 Å². The van der Waals surface area contributed by atoms with Gasteiger partial charge in [-0.25, -0.2) is 9.37 Å². The van der Waals surface area contributed by atoms with E-state index in [2.05, 4.69) is 4.98 Å². The summed E-state index contributed by atoms with van der Waals surface area (Å²) in [5.41, 5.74) is 2.26. The molecule has 0 aliphatic heterocycles. The molecule has 0 saturated carbocycles. The monoisotopic (exact) mass is 365 g/mol. The molecule has 0 aliphatic carbocycles. The first kappa shape index (κ1) is 16.9. The molecule has 7 heteroatoms. The summed E-state index contributed by atoms with van der Waals surface area (Å²) in [7, 11) is 0. The largest absolute Gasteiger partial charge is 0.366 e. The maximum Gasteiger partial charge on any atom is 0.259 e. The maximum absolute atomic E-state index is 13.1. The number of anilines is 1. The summed E-state index contributed by atoms with van der Waals surface area (Å²) in [4.78, 5) is 20.7. The molecule has 3 aromatic rings. The molecular weight excluding hydrogens is 349 g/mol. The first-order valence-corrected chi connectivity index (χ1v) is 8.96. The van der Waals surface area contributed by atoms with Gasteiger partial charge in [0, 0.05) is 23.2 Å². The van der Waals surface area contributed by atoms with Crippen molar-refractivity contribution < 1.29 is 4.39 Å². The second-order valence-corrected chi connectivity index (χ2v) is 6.88. The highest BCUT2D eigenvalue weighted by Gasteiger charge is 2.14. The molecule has 0 amide bonds. The number of thiazole rings is 1. The molecule has 3 rings (SSSR count). The quantitative estimate of drug-likeness (QED) is 0.642. The fourth-order valence-electron chi connectivity index (χ4n) is 2.64. The number of hydrogen-bond donors (Lipinski definition) is 0. The van der Waals surface area contributed by atoms with E-state index in [0.29, 0.717) is 17.2 Å². The van der Waals surface area contributed by atoms with E-state index in [9.17, 15) is 9.18 Å². The maximum atomic E-state index is 13.1. The molecule has 0 N–H and O–H groups in total. The summed E-state index contributed by atoms with van der Waals surface area (Å²) in [6.07, 6.45) is 0. The van der Waals surface area contributed by atoms with Crippen LogP contribution in [0.2, 0.25) is 0 Å². The van der Waals surface area contributed by atoms with Crippen LogP contribution < -0.4 is 10.5 Å². The number of halogens is 2.